The van der Waals surface area contributed by atoms with E-state index in [4.69, 9.17) is 9.47 Å². The Morgan fingerprint density at radius 2 is 1.89 bits per heavy atom. The summed E-state index contributed by atoms with van der Waals surface area (Å²) in [5.41, 5.74) is 1.39. The van der Waals surface area contributed by atoms with Crippen molar-refractivity contribution in [2.24, 2.45) is 0 Å². The molecule has 0 aliphatic rings. The summed E-state index contributed by atoms with van der Waals surface area (Å²) in [6.45, 7) is 4.47. The van der Waals surface area contributed by atoms with Crippen LogP contribution in [-0.2, 0) is 37.0 Å². The van der Waals surface area contributed by atoms with E-state index < -0.39 is 15.3 Å². The number of hydrogen-bond acceptors (Lipinski definition) is 10. The van der Waals surface area contributed by atoms with Gasteiger partial charge in [0.1, 0.15) is 11.6 Å². The Hall–Kier alpha value is -3.31. The van der Waals surface area contributed by atoms with Gasteiger partial charge in [-0.3, -0.25) is 14.8 Å². The highest BCUT2D eigenvalue weighted by molar-refractivity contribution is 7.89. The van der Waals surface area contributed by atoms with Crippen molar-refractivity contribution in [1.29, 1.82) is 0 Å². The molecular weight excluding hydrogens is 470 g/mol. The third-order valence-electron chi connectivity index (χ3n) is 5.45. The summed E-state index contributed by atoms with van der Waals surface area (Å²) in [5.74, 6) is 0.167. The number of rotatable bonds is 12. The molecule has 0 saturated heterocycles. The molecule has 3 aromatic rings. The van der Waals surface area contributed by atoms with Crippen LogP contribution < -0.4 is 4.74 Å². The molecule has 1 unspecified atom stereocenters. The number of hydrogen-bond donors (Lipinski definition) is 0. The van der Waals surface area contributed by atoms with Crippen LogP contribution in [0.3, 0.4) is 0 Å². The number of pyridine rings is 1. The lowest BCUT2D eigenvalue weighted by molar-refractivity contribution is -0.124. The third kappa shape index (κ3) is 7.09. The van der Waals surface area contributed by atoms with Crippen LogP contribution in [0.4, 0.5) is 0 Å². The number of carbonyl (C=O) groups excluding carboxylic acids is 1. The number of ether oxygens (including phenoxy) is 2. The van der Waals surface area contributed by atoms with E-state index in [0.717, 1.165) is 11.8 Å². The number of methoxy groups -OCH3 is 1. The summed E-state index contributed by atoms with van der Waals surface area (Å²) in [4.78, 5) is 35.0. The Kier molecular flexibility index (Phi) is 8.57. The van der Waals surface area contributed by atoms with Gasteiger partial charge >= 0.3 is 0 Å². The van der Waals surface area contributed by atoms with Crippen molar-refractivity contribution in [1.82, 2.24) is 24.9 Å². The molecule has 0 bridgehead atoms. The molecule has 10 nitrogen and oxygen atoms in total. The molecule has 0 aliphatic carbocycles. The zero-order chi connectivity index (χ0) is 25.5. The quantitative estimate of drug-likeness (QED) is 0.365. The van der Waals surface area contributed by atoms with Crippen molar-refractivity contribution in [2.75, 3.05) is 26.6 Å². The molecule has 1 atom stereocenters. The van der Waals surface area contributed by atoms with E-state index in [1.165, 1.54) is 6.20 Å². The van der Waals surface area contributed by atoms with Crippen LogP contribution in [0.5, 0.6) is 5.88 Å². The van der Waals surface area contributed by atoms with Crippen molar-refractivity contribution in [2.45, 2.75) is 37.9 Å². The van der Waals surface area contributed by atoms with E-state index in [-0.39, 0.29) is 23.8 Å². The average molecular weight is 500 g/mol. The van der Waals surface area contributed by atoms with Crippen LogP contribution in [0.2, 0.25) is 0 Å². The molecule has 186 valence electrons. The van der Waals surface area contributed by atoms with Crippen LogP contribution in [0.15, 0.2) is 43.0 Å². The third-order valence-corrected chi connectivity index (χ3v) is 6.23. The van der Waals surface area contributed by atoms with Crippen molar-refractivity contribution in [3.8, 4) is 17.1 Å². The molecule has 0 spiro atoms. The first-order valence-electron chi connectivity index (χ1n) is 11.1. The van der Waals surface area contributed by atoms with Gasteiger partial charge in [-0.1, -0.05) is 0 Å². The van der Waals surface area contributed by atoms with Crippen molar-refractivity contribution in [3.05, 3.63) is 60.2 Å². The summed E-state index contributed by atoms with van der Waals surface area (Å²) in [6.07, 6.45) is 7.84. The van der Waals surface area contributed by atoms with E-state index in [9.17, 15) is 13.2 Å². The molecule has 0 aliphatic heterocycles. The van der Waals surface area contributed by atoms with Gasteiger partial charge in [-0.15, -0.1) is 0 Å². The van der Waals surface area contributed by atoms with Gasteiger partial charge in [-0.05, 0) is 38.5 Å². The van der Waals surface area contributed by atoms with Crippen molar-refractivity contribution in [3.63, 3.8) is 0 Å². The van der Waals surface area contributed by atoms with Crippen molar-refractivity contribution >= 4 is 15.6 Å². The van der Waals surface area contributed by atoms with Crippen molar-refractivity contribution < 1.29 is 22.7 Å². The minimum absolute atomic E-state index is 0.0660. The molecule has 0 fully saturated rings. The monoisotopic (exact) mass is 499 g/mol. The van der Waals surface area contributed by atoms with E-state index in [1.807, 2.05) is 13.0 Å². The van der Waals surface area contributed by atoms with Gasteiger partial charge in [0, 0.05) is 50.0 Å². The van der Waals surface area contributed by atoms with E-state index in [2.05, 4.69) is 24.9 Å². The second-order valence-electron chi connectivity index (χ2n) is 8.32. The molecule has 0 radical (unpaired) electrons. The molecule has 0 amide bonds. The largest absolute Gasteiger partial charge is 0.477 e. The normalized spacial score (nSPS) is 13.3. The fourth-order valence-electron chi connectivity index (χ4n) is 3.47. The fraction of sp³-hybridized carbons (Fsp3) is 0.417. The van der Waals surface area contributed by atoms with E-state index in [0.29, 0.717) is 42.6 Å². The molecule has 0 aromatic carbocycles. The minimum Gasteiger partial charge on any atom is -0.477 e. The molecule has 0 N–H and O–H groups in total. The molecule has 3 rings (SSSR count). The lowest BCUT2D eigenvalue weighted by Crippen LogP contribution is -2.36. The van der Waals surface area contributed by atoms with Crippen LogP contribution in [-0.4, -0.2) is 65.7 Å². The summed E-state index contributed by atoms with van der Waals surface area (Å²) in [7, 11) is -1.76. The number of aromatic nitrogens is 5. The van der Waals surface area contributed by atoms with Gasteiger partial charge in [-0.25, -0.2) is 23.4 Å². The van der Waals surface area contributed by atoms with Crippen LogP contribution in [0.1, 0.15) is 37.5 Å². The summed E-state index contributed by atoms with van der Waals surface area (Å²) in [6, 6.07) is 5.24. The van der Waals surface area contributed by atoms with Gasteiger partial charge in [-0.2, -0.15) is 0 Å². The summed E-state index contributed by atoms with van der Waals surface area (Å²) >= 11 is 0. The number of Topliss-reactive ketones (excluding diaryl/α,β-unsaturated/α-hetero) is 1. The van der Waals surface area contributed by atoms with E-state index >= 15 is 0 Å². The zero-order valence-electron chi connectivity index (χ0n) is 20.3. The first-order valence-corrected chi connectivity index (χ1v) is 13.1. The van der Waals surface area contributed by atoms with Gasteiger partial charge in [0.2, 0.25) is 5.88 Å². The molecule has 3 aromatic heterocycles. The van der Waals surface area contributed by atoms with Gasteiger partial charge in [0.25, 0.3) is 0 Å². The fourth-order valence-corrected chi connectivity index (χ4v) is 4.08. The van der Waals surface area contributed by atoms with E-state index in [1.54, 1.807) is 44.8 Å². The zero-order valence-corrected chi connectivity index (χ0v) is 21.1. The maximum Gasteiger partial charge on any atom is 0.232 e. The van der Waals surface area contributed by atoms with Gasteiger partial charge in [0.05, 0.1) is 35.8 Å². The summed E-state index contributed by atoms with van der Waals surface area (Å²) < 4.78 is 34.0. The molecule has 3 heterocycles. The number of sulfone groups is 1. The van der Waals surface area contributed by atoms with Gasteiger partial charge < -0.3 is 9.47 Å². The first kappa shape index (κ1) is 26.3. The Labute approximate surface area is 205 Å². The summed E-state index contributed by atoms with van der Waals surface area (Å²) in [5, 5.41) is 0. The predicted molar refractivity (Wildman–Crippen MR) is 130 cm³/mol. The SMILES string of the molecule is CCOc1cncc(-c2ccc(CC(=O)C(C)(CCOC)c3ccnc(CS(C)(=O)=O)n3)nc2)n1. The topological polar surface area (TPSA) is 134 Å². The Bertz CT molecular complexity index is 1270. The highest BCUT2D eigenvalue weighted by atomic mass is 32.2. The molecular formula is C24H29N5O5S. The lowest BCUT2D eigenvalue weighted by atomic mass is 9.77. The molecule has 35 heavy (non-hydrogen) atoms. The standard InChI is InChI=1S/C24H29N5O5S/c1-5-34-23-15-25-14-19(28-23)17-6-7-18(27-13-17)12-21(30)24(2,9-11-33-3)20-8-10-26-22(29-20)16-35(4,31)32/h6-8,10,13-15H,5,9,11-12,16H2,1-4H3. The van der Waals surface area contributed by atoms with Crippen LogP contribution >= 0.6 is 0 Å². The Balaban J connectivity index is 1.83. The average Bonchev–Trinajstić information content (AvgIpc) is 2.82. The predicted octanol–water partition coefficient (Wildman–Crippen LogP) is 2.38. The molecule has 0 saturated carbocycles. The lowest BCUT2D eigenvalue weighted by Gasteiger charge is -2.27. The Morgan fingerprint density at radius 3 is 2.54 bits per heavy atom. The highest BCUT2D eigenvalue weighted by Gasteiger charge is 2.36. The Morgan fingerprint density at radius 1 is 1.09 bits per heavy atom. The maximum atomic E-state index is 13.5. The number of carbonyl (C=O) groups is 1. The highest BCUT2D eigenvalue weighted by Crippen LogP contribution is 2.29. The second kappa shape index (κ2) is 11.4. The number of ketones is 1. The maximum absolute atomic E-state index is 13.5. The van der Waals surface area contributed by atoms with Gasteiger partial charge in [0.15, 0.2) is 15.6 Å². The second-order valence-corrected chi connectivity index (χ2v) is 10.5. The minimum atomic E-state index is -3.32. The smallest absolute Gasteiger partial charge is 0.232 e. The molecule has 11 heteroatoms. The van der Waals surface area contributed by atoms with Crippen LogP contribution in [0.25, 0.3) is 11.3 Å². The number of nitrogens with zero attached hydrogens (tertiary/aromatic N) is 5. The first-order chi connectivity index (χ1) is 16.6. The van der Waals surface area contributed by atoms with Crippen LogP contribution in [0, 0.1) is 0 Å².